The van der Waals surface area contributed by atoms with Crippen molar-refractivity contribution in [1.29, 1.82) is 0 Å². The summed E-state index contributed by atoms with van der Waals surface area (Å²) in [4.78, 5) is 16.9. The largest absolute Gasteiger partial charge is 0.346 e. The molecule has 0 aliphatic carbocycles. The lowest BCUT2D eigenvalue weighted by molar-refractivity contribution is -0.117. The highest BCUT2D eigenvalue weighted by Crippen LogP contribution is 2.22. The first-order chi connectivity index (χ1) is 11.6. The molecule has 1 unspecified atom stereocenters. The molecule has 1 aromatic carbocycles. The number of carbonyl (C=O) groups excluding carboxylic acids is 1. The van der Waals surface area contributed by atoms with Crippen molar-refractivity contribution in [1.82, 2.24) is 20.1 Å². The number of halogens is 1. The summed E-state index contributed by atoms with van der Waals surface area (Å²) in [7, 11) is 0. The topological polar surface area (TPSA) is 59.8 Å². The highest BCUT2D eigenvalue weighted by Gasteiger charge is 2.08. The fraction of sp³-hybridized carbons (Fsp3) is 0.118. The maximum absolute atomic E-state index is 12.0. The highest BCUT2D eigenvalue weighted by atomic mass is 35.5. The smallest absolute Gasteiger partial charge is 0.244 e. The molecule has 0 aliphatic heterocycles. The number of rotatable bonds is 5. The zero-order valence-corrected chi connectivity index (χ0v) is 14.5. The van der Waals surface area contributed by atoms with E-state index in [2.05, 4.69) is 15.4 Å². The van der Waals surface area contributed by atoms with Gasteiger partial charge in [-0.05, 0) is 42.8 Å². The van der Waals surface area contributed by atoms with Crippen molar-refractivity contribution in [2.75, 3.05) is 0 Å². The lowest BCUT2D eigenvalue weighted by atomic mass is 10.1. The Morgan fingerprint density at radius 2 is 2.08 bits per heavy atom. The molecule has 1 atom stereocenters. The SMILES string of the molecule is CC(NC(=O)C=Cc1ccc(Cl)s1)c1ccc(-n2cncn2)cc1. The molecule has 3 aromatic rings. The molecule has 1 N–H and O–H groups in total. The predicted octanol–water partition coefficient (Wildman–Crippen LogP) is 3.87. The number of amides is 1. The van der Waals surface area contributed by atoms with Gasteiger partial charge in [-0.25, -0.2) is 9.67 Å². The molecule has 0 fully saturated rings. The summed E-state index contributed by atoms with van der Waals surface area (Å²) in [5.74, 6) is -0.146. The Kier molecular flexibility index (Phi) is 5.08. The van der Waals surface area contributed by atoms with Crippen molar-refractivity contribution < 1.29 is 4.79 Å². The van der Waals surface area contributed by atoms with Gasteiger partial charge in [-0.15, -0.1) is 11.3 Å². The van der Waals surface area contributed by atoms with Gasteiger partial charge in [0.15, 0.2) is 0 Å². The minimum Gasteiger partial charge on any atom is -0.346 e. The molecular formula is C17H15ClN4OS. The number of hydrogen-bond donors (Lipinski definition) is 1. The standard InChI is InChI=1S/C17H15ClN4OS/c1-12(21-17(23)9-7-15-6-8-16(18)24-15)13-2-4-14(5-3-13)22-11-19-10-20-22/h2-12H,1H3,(H,21,23). The zero-order valence-electron chi connectivity index (χ0n) is 12.9. The first-order valence-corrected chi connectivity index (χ1v) is 8.50. The van der Waals surface area contributed by atoms with Crippen LogP contribution in [0.5, 0.6) is 0 Å². The predicted molar refractivity (Wildman–Crippen MR) is 96.3 cm³/mol. The Balaban J connectivity index is 1.60. The van der Waals surface area contributed by atoms with Crippen LogP contribution >= 0.6 is 22.9 Å². The molecule has 2 aromatic heterocycles. The van der Waals surface area contributed by atoms with Crippen molar-refractivity contribution in [3.05, 3.63) is 69.9 Å². The summed E-state index contributed by atoms with van der Waals surface area (Å²) < 4.78 is 2.39. The first kappa shape index (κ1) is 16.4. The highest BCUT2D eigenvalue weighted by molar-refractivity contribution is 7.17. The second kappa shape index (κ2) is 7.42. The summed E-state index contributed by atoms with van der Waals surface area (Å²) in [6.07, 6.45) is 6.40. The maximum atomic E-state index is 12.0. The van der Waals surface area contributed by atoms with Gasteiger partial charge in [-0.2, -0.15) is 5.10 Å². The van der Waals surface area contributed by atoms with Crippen LogP contribution in [-0.2, 0) is 4.79 Å². The van der Waals surface area contributed by atoms with E-state index in [-0.39, 0.29) is 11.9 Å². The average Bonchev–Trinajstić information content (AvgIpc) is 3.25. The Morgan fingerprint density at radius 3 is 2.71 bits per heavy atom. The van der Waals surface area contributed by atoms with Crippen LogP contribution < -0.4 is 5.32 Å². The number of nitrogens with zero attached hydrogens (tertiary/aromatic N) is 3. The van der Waals surface area contributed by atoms with E-state index in [9.17, 15) is 4.79 Å². The molecule has 5 nitrogen and oxygen atoms in total. The van der Waals surface area contributed by atoms with Gasteiger partial charge in [-0.1, -0.05) is 23.7 Å². The lowest BCUT2D eigenvalue weighted by Gasteiger charge is -2.13. The quantitative estimate of drug-likeness (QED) is 0.704. The van der Waals surface area contributed by atoms with E-state index in [1.807, 2.05) is 43.3 Å². The van der Waals surface area contributed by atoms with E-state index in [0.29, 0.717) is 4.34 Å². The number of carbonyl (C=O) groups is 1. The molecular weight excluding hydrogens is 344 g/mol. The Hall–Kier alpha value is -2.44. The third-order valence-electron chi connectivity index (χ3n) is 3.43. The van der Waals surface area contributed by atoms with Crippen molar-refractivity contribution >= 4 is 34.9 Å². The second-order valence-electron chi connectivity index (χ2n) is 5.14. The van der Waals surface area contributed by atoms with Crippen LogP contribution in [0.3, 0.4) is 0 Å². The molecule has 0 saturated heterocycles. The minimum absolute atomic E-state index is 0.0983. The van der Waals surface area contributed by atoms with Crippen LogP contribution in [0.4, 0.5) is 0 Å². The van der Waals surface area contributed by atoms with E-state index in [1.54, 1.807) is 17.1 Å². The van der Waals surface area contributed by atoms with Gasteiger partial charge in [0.05, 0.1) is 16.1 Å². The van der Waals surface area contributed by atoms with Crippen molar-refractivity contribution in [2.45, 2.75) is 13.0 Å². The molecule has 7 heteroatoms. The molecule has 24 heavy (non-hydrogen) atoms. The van der Waals surface area contributed by atoms with E-state index in [0.717, 1.165) is 16.1 Å². The number of aromatic nitrogens is 3. The third-order valence-corrected chi connectivity index (χ3v) is 4.62. The van der Waals surface area contributed by atoms with Gasteiger partial charge < -0.3 is 5.32 Å². The molecule has 3 rings (SSSR count). The Bertz CT molecular complexity index is 840. The maximum Gasteiger partial charge on any atom is 0.244 e. The van der Waals surface area contributed by atoms with Gasteiger partial charge in [0.25, 0.3) is 0 Å². The van der Waals surface area contributed by atoms with Crippen molar-refractivity contribution in [3.63, 3.8) is 0 Å². The van der Waals surface area contributed by atoms with Gasteiger partial charge in [-0.3, -0.25) is 4.79 Å². The molecule has 2 heterocycles. The normalized spacial score (nSPS) is 12.4. The molecule has 0 radical (unpaired) electrons. The van der Waals surface area contributed by atoms with E-state index >= 15 is 0 Å². The Morgan fingerprint density at radius 1 is 1.29 bits per heavy atom. The summed E-state index contributed by atoms with van der Waals surface area (Å²) in [5, 5.41) is 7.02. The van der Waals surface area contributed by atoms with Gasteiger partial charge in [0, 0.05) is 11.0 Å². The minimum atomic E-state index is -0.146. The number of benzene rings is 1. The second-order valence-corrected chi connectivity index (χ2v) is 6.88. The number of hydrogen-bond acceptors (Lipinski definition) is 4. The molecule has 0 saturated carbocycles. The van der Waals surface area contributed by atoms with E-state index in [4.69, 9.17) is 11.6 Å². The monoisotopic (exact) mass is 358 g/mol. The third kappa shape index (κ3) is 4.10. The van der Waals surface area contributed by atoms with Crippen molar-refractivity contribution in [3.8, 4) is 5.69 Å². The fourth-order valence-electron chi connectivity index (χ4n) is 2.18. The lowest BCUT2D eigenvalue weighted by Crippen LogP contribution is -2.24. The van der Waals surface area contributed by atoms with Crippen LogP contribution in [-0.4, -0.2) is 20.7 Å². The van der Waals surface area contributed by atoms with Gasteiger partial charge in [0.1, 0.15) is 12.7 Å². The number of thiophene rings is 1. The molecule has 0 aliphatic rings. The van der Waals surface area contributed by atoms with Gasteiger partial charge >= 0.3 is 0 Å². The van der Waals surface area contributed by atoms with Crippen LogP contribution in [0, 0.1) is 0 Å². The van der Waals surface area contributed by atoms with Gasteiger partial charge in [0.2, 0.25) is 5.91 Å². The summed E-state index contributed by atoms with van der Waals surface area (Å²) in [5.41, 5.74) is 1.93. The van der Waals surface area contributed by atoms with Crippen LogP contribution in [0.25, 0.3) is 11.8 Å². The summed E-state index contributed by atoms with van der Waals surface area (Å²) >= 11 is 7.29. The Labute approximate surface area is 148 Å². The molecule has 0 bridgehead atoms. The zero-order chi connectivity index (χ0) is 16.9. The molecule has 0 spiro atoms. The first-order valence-electron chi connectivity index (χ1n) is 7.31. The van der Waals surface area contributed by atoms with Crippen LogP contribution in [0.2, 0.25) is 4.34 Å². The number of nitrogens with one attached hydrogen (secondary N) is 1. The van der Waals surface area contributed by atoms with Crippen LogP contribution in [0.15, 0.2) is 55.1 Å². The molecule has 122 valence electrons. The van der Waals surface area contributed by atoms with Crippen LogP contribution in [0.1, 0.15) is 23.4 Å². The average molecular weight is 359 g/mol. The summed E-state index contributed by atoms with van der Waals surface area (Å²) in [6, 6.07) is 11.4. The fourth-order valence-corrected chi connectivity index (χ4v) is 3.14. The van der Waals surface area contributed by atoms with E-state index in [1.165, 1.54) is 23.7 Å². The summed E-state index contributed by atoms with van der Waals surface area (Å²) in [6.45, 7) is 1.94. The van der Waals surface area contributed by atoms with E-state index < -0.39 is 0 Å². The van der Waals surface area contributed by atoms with Crippen molar-refractivity contribution in [2.24, 2.45) is 0 Å². The molecule has 1 amide bonds.